The van der Waals surface area contributed by atoms with Gasteiger partial charge in [0.05, 0.1) is 18.9 Å². The standard InChI is InChI=1S/C21H14BrClI2N2O3/c22-14-5-6-19(28)15(9-14)21(29)27-26-10-12-7-17(24)20(18(25)8-12)30-11-13-3-1-2-4-16(13)23/h1-10,28H,11H2,(H,27,29)/b26-10-. The van der Waals surface area contributed by atoms with Gasteiger partial charge in [0.1, 0.15) is 18.1 Å². The molecule has 2 N–H and O–H groups in total. The highest BCUT2D eigenvalue weighted by molar-refractivity contribution is 14.1. The van der Waals surface area contributed by atoms with Crippen LogP contribution in [0.4, 0.5) is 0 Å². The van der Waals surface area contributed by atoms with E-state index in [1.165, 1.54) is 18.3 Å². The number of hydrogen-bond donors (Lipinski definition) is 2. The number of ether oxygens (including phenoxy) is 1. The van der Waals surface area contributed by atoms with Crippen molar-refractivity contribution in [1.29, 1.82) is 0 Å². The van der Waals surface area contributed by atoms with Crippen LogP contribution in [0.3, 0.4) is 0 Å². The Morgan fingerprint density at radius 3 is 2.57 bits per heavy atom. The molecule has 3 rings (SSSR count). The summed E-state index contributed by atoms with van der Waals surface area (Å²) in [6.45, 7) is 0.366. The third-order valence-electron chi connectivity index (χ3n) is 3.93. The zero-order chi connectivity index (χ0) is 21.7. The predicted molar refractivity (Wildman–Crippen MR) is 139 cm³/mol. The van der Waals surface area contributed by atoms with Crippen LogP contribution < -0.4 is 10.2 Å². The van der Waals surface area contributed by atoms with E-state index in [2.05, 4.69) is 71.6 Å². The first-order valence-corrected chi connectivity index (χ1v) is 11.8. The Morgan fingerprint density at radius 2 is 1.87 bits per heavy atom. The van der Waals surface area contributed by atoms with Crippen LogP contribution in [0.5, 0.6) is 11.5 Å². The Kier molecular flexibility index (Phi) is 8.37. The quantitative estimate of drug-likeness (QED) is 0.178. The van der Waals surface area contributed by atoms with E-state index in [-0.39, 0.29) is 11.3 Å². The van der Waals surface area contributed by atoms with Gasteiger partial charge in [-0.2, -0.15) is 5.10 Å². The second kappa shape index (κ2) is 10.8. The van der Waals surface area contributed by atoms with Gasteiger partial charge >= 0.3 is 0 Å². The Hall–Kier alpha value is -1.37. The number of amides is 1. The summed E-state index contributed by atoms with van der Waals surface area (Å²) in [4.78, 5) is 12.2. The molecule has 0 saturated heterocycles. The van der Waals surface area contributed by atoms with Crippen molar-refractivity contribution >= 4 is 84.8 Å². The molecule has 3 aromatic rings. The fourth-order valence-electron chi connectivity index (χ4n) is 2.47. The molecule has 0 bridgehead atoms. The molecule has 0 aliphatic carbocycles. The van der Waals surface area contributed by atoms with Crippen LogP contribution in [-0.4, -0.2) is 17.2 Å². The molecule has 0 fully saturated rings. The molecule has 0 saturated carbocycles. The van der Waals surface area contributed by atoms with Crippen molar-refractivity contribution in [3.05, 3.63) is 87.9 Å². The van der Waals surface area contributed by atoms with Crippen LogP contribution >= 0.6 is 72.7 Å². The number of nitrogens with one attached hydrogen (secondary N) is 1. The van der Waals surface area contributed by atoms with Crippen LogP contribution in [0.15, 0.2) is 64.2 Å². The highest BCUT2D eigenvalue weighted by Crippen LogP contribution is 2.30. The zero-order valence-electron chi connectivity index (χ0n) is 15.2. The van der Waals surface area contributed by atoms with Gasteiger partial charge in [-0.3, -0.25) is 4.79 Å². The smallest absolute Gasteiger partial charge is 0.275 e. The lowest BCUT2D eigenvalue weighted by atomic mass is 10.2. The van der Waals surface area contributed by atoms with Gasteiger partial charge in [-0.05, 0) is 87.1 Å². The normalized spacial score (nSPS) is 10.9. The Balaban J connectivity index is 1.68. The van der Waals surface area contributed by atoms with Crippen molar-refractivity contribution in [2.24, 2.45) is 5.10 Å². The topological polar surface area (TPSA) is 70.9 Å². The van der Waals surface area contributed by atoms with Gasteiger partial charge in [0, 0.05) is 15.1 Å². The molecule has 0 aliphatic rings. The number of carbonyl (C=O) groups is 1. The molecule has 0 aromatic heterocycles. The molecular weight excluding hydrogens is 697 g/mol. The summed E-state index contributed by atoms with van der Waals surface area (Å²) in [6, 6.07) is 16.0. The van der Waals surface area contributed by atoms with Crippen LogP contribution in [0, 0.1) is 7.14 Å². The van der Waals surface area contributed by atoms with Crippen LogP contribution in [0.25, 0.3) is 0 Å². The lowest BCUT2D eigenvalue weighted by Crippen LogP contribution is -2.17. The zero-order valence-corrected chi connectivity index (χ0v) is 21.9. The second-order valence-electron chi connectivity index (χ2n) is 6.05. The van der Waals surface area contributed by atoms with E-state index < -0.39 is 5.91 Å². The number of hydrogen-bond acceptors (Lipinski definition) is 4. The molecule has 0 heterocycles. The molecule has 0 atom stereocenters. The largest absolute Gasteiger partial charge is 0.507 e. The van der Waals surface area contributed by atoms with Gasteiger partial charge in [-0.25, -0.2) is 5.43 Å². The minimum Gasteiger partial charge on any atom is -0.507 e. The Morgan fingerprint density at radius 1 is 1.17 bits per heavy atom. The molecular formula is C21H14BrClI2N2O3. The summed E-state index contributed by atoms with van der Waals surface area (Å²) in [5, 5.41) is 14.5. The maximum Gasteiger partial charge on any atom is 0.275 e. The average molecular weight is 712 g/mol. The minimum absolute atomic E-state index is 0.116. The van der Waals surface area contributed by atoms with Crippen molar-refractivity contribution < 1.29 is 14.6 Å². The van der Waals surface area contributed by atoms with E-state index in [4.69, 9.17) is 16.3 Å². The molecule has 5 nitrogen and oxygen atoms in total. The summed E-state index contributed by atoms with van der Waals surface area (Å²) < 4.78 is 8.47. The number of phenols is 1. The first-order chi connectivity index (χ1) is 14.3. The molecule has 3 aromatic carbocycles. The maximum atomic E-state index is 12.2. The maximum absolute atomic E-state index is 12.2. The first kappa shape index (κ1) is 23.3. The van der Waals surface area contributed by atoms with E-state index >= 15 is 0 Å². The van der Waals surface area contributed by atoms with E-state index in [9.17, 15) is 9.90 Å². The highest BCUT2D eigenvalue weighted by atomic mass is 127. The number of halogens is 4. The summed E-state index contributed by atoms with van der Waals surface area (Å²) in [5.74, 6) is 0.139. The summed E-state index contributed by atoms with van der Waals surface area (Å²) in [7, 11) is 0. The van der Waals surface area contributed by atoms with Gasteiger partial charge < -0.3 is 9.84 Å². The fourth-order valence-corrected chi connectivity index (χ4v) is 5.15. The van der Waals surface area contributed by atoms with Crippen molar-refractivity contribution in [2.75, 3.05) is 0 Å². The Labute approximate surface area is 214 Å². The second-order valence-corrected chi connectivity index (χ2v) is 9.70. The molecule has 154 valence electrons. The van der Waals surface area contributed by atoms with Gasteiger partial charge in [0.25, 0.3) is 5.91 Å². The molecule has 30 heavy (non-hydrogen) atoms. The SMILES string of the molecule is O=C(N/N=C\c1cc(I)c(OCc2ccccc2Cl)c(I)c1)c1cc(Br)ccc1O. The molecule has 9 heteroatoms. The molecule has 0 unspecified atom stereocenters. The van der Waals surface area contributed by atoms with Crippen LogP contribution in [0.2, 0.25) is 5.02 Å². The monoisotopic (exact) mass is 710 g/mol. The van der Waals surface area contributed by atoms with Crippen molar-refractivity contribution in [2.45, 2.75) is 6.61 Å². The molecule has 0 aliphatic heterocycles. The van der Waals surface area contributed by atoms with E-state index in [0.717, 1.165) is 24.0 Å². The first-order valence-electron chi connectivity index (χ1n) is 8.52. The van der Waals surface area contributed by atoms with Crippen molar-refractivity contribution in [3.8, 4) is 11.5 Å². The summed E-state index contributed by atoms with van der Waals surface area (Å²) in [5.41, 5.74) is 4.26. The third-order valence-corrected chi connectivity index (χ3v) is 6.40. The lowest BCUT2D eigenvalue weighted by Gasteiger charge is -2.12. The van der Waals surface area contributed by atoms with Gasteiger partial charge in [0.15, 0.2) is 0 Å². The summed E-state index contributed by atoms with van der Waals surface area (Å²) >= 11 is 13.9. The number of rotatable bonds is 6. The van der Waals surface area contributed by atoms with Crippen LogP contribution in [0.1, 0.15) is 21.5 Å². The fraction of sp³-hybridized carbons (Fsp3) is 0.0476. The lowest BCUT2D eigenvalue weighted by molar-refractivity contribution is 0.0952. The molecule has 0 radical (unpaired) electrons. The van der Waals surface area contributed by atoms with Crippen molar-refractivity contribution in [3.63, 3.8) is 0 Å². The number of aromatic hydroxyl groups is 1. The van der Waals surface area contributed by atoms with Crippen LogP contribution in [-0.2, 0) is 6.61 Å². The van der Waals surface area contributed by atoms with Gasteiger partial charge in [-0.15, -0.1) is 0 Å². The third kappa shape index (κ3) is 6.08. The minimum atomic E-state index is -0.505. The molecule has 1 amide bonds. The van der Waals surface area contributed by atoms with Gasteiger partial charge in [-0.1, -0.05) is 45.7 Å². The van der Waals surface area contributed by atoms with Crippen molar-refractivity contribution in [1.82, 2.24) is 5.43 Å². The van der Waals surface area contributed by atoms with E-state index in [1.54, 1.807) is 6.07 Å². The van der Waals surface area contributed by atoms with E-state index in [0.29, 0.717) is 16.1 Å². The number of phenolic OH excluding ortho intramolecular Hbond substituents is 1. The summed E-state index contributed by atoms with van der Waals surface area (Å²) in [6.07, 6.45) is 1.54. The number of carbonyl (C=O) groups excluding carboxylic acids is 1. The molecule has 0 spiro atoms. The highest BCUT2D eigenvalue weighted by Gasteiger charge is 2.12. The average Bonchev–Trinajstić information content (AvgIpc) is 2.70. The number of hydrazone groups is 1. The van der Waals surface area contributed by atoms with E-state index in [1.807, 2.05) is 36.4 Å². The number of nitrogens with zero attached hydrogens (tertiary/aromatic N) is 1. The predicted octanol–water partition coefficient (Wildman–Crippen LogP) is 6.36. The Bertz CT molecular complexity index is 1100. The van der Waals surface area contributed by atoms with Gasteiger partial charge in [0.2, 0.25) is 0 Å². The number of benzene rings is 3.